The number of nitrogens with zero attached hydrogens (tertiary/aromatic N) is 1. The molecule has 6 heteroatoms. The van der Waals surface area contributed by atoms with Crippen molar-refractivity contribution < 1.29 is 14.7 Å². The second kappa shape index (κ2) is 4.96. The van der Waals surface area contributed by atoms with Crippen LogP contribution in [0.2, 0.25) is 0 Å². The second-order valence-electron chi connectivity index (χ2n) is 5.14. The van der Waals surface area contributed by atoms with Gasteiger partial charge in [0.25, 0.3) is 0 Å². The molecule has 1 aliphatic rings. The Morgan fingerprint density at radius 1 is 1.30 bits per heavy atom. The van der Waals surface area contributed by atoms with E-state index in [-0.39, 0.29) is 5.91 Å². The van der Waals surface area contributed by atoms with E-state index in [1.807, 2.05) is 6.07 Å². The molecular formula is C14H15N3O3. The minimum absolute atomic E-state index is 0.214. The molecule has 1 fully saturated rings. The lowest BCUT2D eigenvalue weighted by Gasteiger charge is -2.15. The number of aromatic nitrogens is 2. The normalized spacial score (nSPS) is 22.0. The van der Waals surface area contributed by atoms with Gasteiger partial charge in [-0.2, -0.15) is 5.10 Å². The fourth-order valence-corrected chi connectivity index (χ4v) is 2.82. The lowest BCUT2D eigenvalue weighted by atomic mass is 9.95. The van der Waals surface area contributed by atoms with Crippen molar-refractivity contribution in [1.29, 1.82) is 0 Å². The van der Waals surface area contributed by atoms with Crippen molar-refractivity contribution in [2.75, 3.05) is 5.32 Å². The molecule has 1 amide bonds. The molecule has 0 radical (unpaired) electrons. The third-order valence-corrected chi connectivity index (χ3v) is 3.88. The fourth-order valence-electron chi connectivity index (χ4n) is 2.82. The largest absolute Gasteiger partial charge is 0.481 e. The number of carboxylic acids is 1. The summed E-state index contributed by atoms with van der Waals surface area (Å²) >= 11 is 0. The molecule has 0 bridgehead atoms. The number of aliphatic carboxylic acids is 1. The molecule has 2 atom stereocenters. The van der Waals surface area contributed by atoms with Crippen LogP contribution in [-0.4, -0.2) is 27.2 Å². The quantitative estimate of drug-likeness (QED) is 0.797. The van der Waals surface area contributed by atoms with Crippen LogP contribution in [0.25, 0.3) is 10.9 Å². The second-order valence-corrected chi connectivity index (χ2v) is 5.14. The van der Waals surface area contributed by atoms with E-state index < -0.39 is 17.8 Å². The maximum absolute atomic E-state index is 12.2. The summed E-state index contributed by atoms with van der Waals surface area (Å²) in [4.78, 5) is 23.3. The molecule has 0 saturated heterocycles. The van der Waals surface area contributed by atoms with E-state index in [9.17, 15) is 9.59 Å². The Hall–Kier alpha value is -2.37. The average molecular weight is 273 g/mol. The van der Waals surface area contributed by atoms with E-state index in [4.69, 9.17) is 5.11 Å². The summed E-state index contributed by atoms with van der Waals surface area (Å²) in [5.74, 6) is -2.10. The lowest BCUT2D eigenvalue weighted by molar-refractivity contribution is -0.145. The number of hydrogen-bond acceptors (Lipinski definition) is 3. The third kappa shape index (κ3) is 2.24. The van der Waals surface area contributed by atoms with Gasteiger partial charge in [-0.3, -0.25) is 14.7 Å². The molecule has 104 valence electrons. The smallest absolute Gasteiger partial charge is 0.307 e. The standard InChI is InChI=1S/C14H15N3O3/c18-13(10-2-1-3-11(10)14(19)20)16-9-5-4-8-7-15-17-12(8)6-9/h4-7,10-11H,1-3H2,(H,15,17)(H,16,18)(H,19,20)/t10-,11+/m1/s1. The van der Waals surface area contributed by atoms with Crippen molar-refractivity contribution in [2.45, 2.75) is 19.3 Å². The zero-order valence-corrected chi connectivity index (χ0v) is 10.8. The highest BCUT2D eigenvalue weighted by Crippen LogP contribution is 2.33. The molecule has 0 aliphatic heterocycles. The van der Waals surface area contributed by atoms with Crippen molar-refractivity contribution in [3.63, 3.8) is 0 Å². The SMILES string of the molecule is O=C(O)[C@H]1CCC[C@H]1C(=O)Nc1ccc2cn[nH]c2c1. The van der Waals surface area contributed by atoms with Gasteiger partial charge < -0.3 is 10.4 Å². The summed E-state index contributed by atoms with van der Waals surface area (Å²) in [6, 6.07) is 5.45. The van der Waals surface area contributed by atoms with E-state index in [0.717, 1.165) is 17.3 Å². The van der Waals surface area contributed by atoms with Crippen LogP contribution in [0, 0.1) is 11.8 Å². The molecular weight excluding hydrogens is 258 g/mol. The zero-order chi connectivity index (χ0) is 14.1. The van der Waals surface area contributed by atoms with Gasteiger partial charge in [0.15, 0.2) is 0 Å². The number of nitrogens with one attached hydrogen (secondary N) is 2. The number of H-pyrrole nitrogens is 1. The number of aromatic amines is 1. The van der Waals surface area contributed by atoms with Gasteiger partial charge in [-0.25, -0.2) is 0 Å². The van der Waals surface area contributed by atoms with Crippen LogP contribution in [0.15, 0.2) is 24.4 Å². The Balaban J connectivity index is 1.76. The summed E-state index contributed by atoms with van der Waals surface area (Å²) in [5, 5.41) is 19.6. The van der Waals surface area contributed by atoms with Crippen LogP contribution in [0.1, 0.15) is 19.3 Å². The molecule has 20 heavy (non-hydrogen) atoms. The maximum Gasteiger partial charge on any atom is 0.307 e. The van der Waals surface area contributed by atoms with Gasteiger partial charge >= 0.3 is 5.97 Å². The van der Waals surface area contributed by atoms with Gasteiger partial charge in [0.05, 0.1) is 23.5 Å². The molecule has 3 rings (SSSR count). The number of benzene rings is 1. The van der Waals surface area contributed by atoms with E-state index in [1.165, 1.54) is 0 Å². The van der Waals surface area contributed by atoms with E-state index in [2.05, 4.69) is 15.5 Å². The minimum atomic E-state index is -0.883. The van der Waals surface area contributed by atoms with Crippen molar-refractivity contribution in [3.8, 4) is 0 Å². The number of carboxylic acid groups (broad SMARTS) is 1. The summed E-state index contributed by atoms with van der Waals surface area (Å²) < 4.78 is 0. The number of amides is 1. The monoisotopic (exact) mass is 273 g/mol. The van der Waals surface area contributed by atoms with Crippen LogP contribution in [0.4, 0.5) is 5.69 Å². The van der Waals surface area contributed by atoms with Crippen molar-refractivity contribution in [2.24, 2.45) is 11.8 Å². The minimum Gasteiger partial charge on any atom is -0.481 e. The number of carbonyl (C=O) groups excluding carboxylic acids is 1. The molecule has 3 N–H and O–H groups in total. The summed E-state index contributed by atoms with van der Waals surface area (Å²) in [5.41, 5.74) is 1.49. The molecule has 1 aromatic heterocycles. The number of hydrogen-bond donors (Lipinski definition) is 3. The Morgan fingerprint density at radius 3 is 2.90 bits per heavy atom. The highest BCUT2D eigenvalue weighted by molar-refractivity contribution is 5.97. The van der Waals surface area contributed by atoms with Crippen LogP contribution in [0.3, 0.4) is 0 Å². The fraction of sp³-hybridized carbons (Fsp3) is 0.357. The van der Waals surface area contributed by atoms with Gasteiger partial charge in [-0.1, -0.05) is 6.42 Å². The molecule has 2 aromatic rings. The molecule has 1 aromatic carbocycles. The first kappa shape index (κ1) is 12.7. The van der Waals surface area contributed by atoms with Gasteiger partial charge in [0.2, 0.25) is 5.91 Å². The van der Waals surface area contributed by atoms with Crippen molar-refractivity contribution in [1.82, 2.24) is 10.2 Å². The number of rotatable bonds is 3. The first-order valence-electron chi connectivity index (χ1n) is 6.62. The van der Waals surface area contributed by atoms with Crippen molar-refractivity contribution >= 4 is 28.5 Å². The first-order chi connectivity index (χ1) is 9.65. The molecule has 1 heterocycles. The highest BCUT2D eigenvalue weighted by Gasteiger charge is 2.37. The molecule has 0 unspecified atom stereocenters. The number of carbonyl (C=O) groups is 2. The lowest BCUT2D eigenvalue weighted by Crippen LogP contribution is -2.29. The highest BCUT2D eigenvalue weighted by atomic mass is 16.4. The van der Waals surface area contributed by atoms with Gasteiger partial charge in [-0.15, -0.1) is 0 Å². The summed E-state index contributed by atoms with van der Waals surface area (Å²) in [6.45, 7) is 0. The van der Waals surface area contributed by atoms with Gasteiger partial charge in [0.1, 0.15) is 0 Å². The van der Waals surface area contributed by atoms with Gasteiger partial charge in [0, 0.05) is 11.1 Å². The summed E-state index contributed by atoms with van der Waals surface area (Å²) in [6.07, 6.45) is 3.70. The molecule has 0 spiro atoms. The molecule has 1 aliphatic carbocycles. The predicted molar refractivity (Wildman–Crippen MR) is 73.2 cm³/mol. The van der Waals surface area contributed by atoms with Gasteiger partial charge in [-0.05, 0) is 31.0 Å². The van der Waals surface area contributed by atoms with E-state index in [1.54, 1.807) is 18.3 Å². The number of fused-ring (bicyclic) bond motifs is 1. The maximum atomic E-state index is 12.2. The van der Waals surface area contributed by atoms with Crippen LogP contribution in [0.5, 0.6) is 0 Å². The van der Waals surface area contributed by atoms with Crippen LogP contribution in [-0.2, 0) is 9.59 Å². The molecule has 6 nitrogen and oxygen atoms in total. The van der Waals surface area contributed by atoms with Crippen molar-refractivity contribution in [3.05, 3.63) is 24.4 Å². The van der Waals surface area contributed by atoms with Crippen LogP contribution >= 0.6 is 0 Å². The van der Waals surface area contributed by atoms with E-state index >= 15 is 0 Å². The first-order valence-corrected chi connectivity index (χ1v) is 6.62. The topological polar surface area (TPSA) is 95.1 Å². The predicted octanol–water partition coefficient (Wildman–Crippen LogP) is 2.00. The Kier molecular flexibility index (Phi) is 3.14. The summed E-state index contributed by atoms with van der Waals surface area (Å²) in [7, 11) is 0. The average Bonchev–Trinajstić information content (AvgIpc) is 3.06. The number of anilines is 1. The Bertz CT molecular complexity index is 664. The molecule has 1 saturated carbocycles. The zero-order valence-electron chi connectivity index (χ0n) is 10.8. The van der Waals surface area contributed by atoms with E-state index in [0.29, 0.717) is 18.5 Å². The Labute approximate surface area is 115 Å². The third-order valence-electron chi connectivity index (χ3n) is 3.88. The van der Waals surface area contributed by atoms with Crippen LogP contribution < -0.4 is 5.32 Å². The Morgan fingerprint density at radius 2 is 2.10 bits per heavy atom.